The summed E-state index contributed by atoms with van der Waals surface area (Å²) in [7, 11) is 1.33. The van der Waals surface area contributed by atoms with Gasteiger partial charge in [0.05, 0.1) is 13.7 Å². The maximum absolute atomic E-state index is 12.6. The molecule has 2 amide bonds. The van der Waals surface area contributed by atoms with Crippen LogP contribution in [0.1, 0.15) is 30.7 Å². The summed E-state index contributed by atoms with van der Waals surface area (Å²) in [6.07, 6.45) is 4.51. The van der Waals surface area contributed by atoms with Crippen LogP contribution in [0.3, 0.4) is 0 Å². The molecule has 144 valence electrons. The number of methoxy groups -OCH3 is 1. The molecule has 1 N–H and O–H groups in total. The Morgan fingerprint density at radius 3 is 2.85 bits per heavy atom. The van der Waals surface area contributed by atoms with E-state index in [-0.39, 0.29) is 12.5 Å². The van der Waals surface area contributed by atoms with E-state index in [1.807, 2.05) is 22.8 Å². The van der Waals surface area contributed by atoms with Gasteiger partial charge >= 0.3 is 6.09 Å². The first-order chi connectivity index (χ1) is 13.2. The normalized spacial score (nSPS) is 16.8. The number of rotatable bonds is 6. The predicted octanol–water partition coefficient (Wildman–Crippen LogP) is 1.76. The van der Waals surface area contributed by atoms with Gasteiger partial charge in [0, 0.05) is 13.1 Å². The Labute approximate surface area is 158 Å². The van der Waals surface area contributed by atoms with Gasteiger partial charge in [0.15, 0.2) is 5.82 Å². The zero-order valence-corrected chi connectivity index (χ0v) is 15.5. The van der Waals surface area contributed by atoms with Gasteiger partial charge in [0.25, 0.3) is 0 Å². The number of likely N-dealkylation sites (tertiary alicyclic amines) is 1. The van der Waals surface area contributed by atoms with E-state index in [1.54, 1.807) is 6.33 Å². The van der Waals surface area contributed by atoms with Crippen molar-refractivity contribution in [1.29, 1.82) is 0 Å². The first-order valence-corrected chi connectivity index (χ1v) is 9.22. The van der Waals surface area contributed by atoms with Crippen molar-refractivity contribution in [2.24, 2.45) is 0 Å². The van der Waals surface area contributed by atoms with Crippen LogP contribution < -0.4 is 5.32 Å². The smallest absolute Gasteiger partial charge is 0.410 e. The molecule has 1 aromatic heterocycles. The molecule has 1 saturated heterocycles. The molecule has 27 heavy (non-hydrogen) atoms. The zero-order chi connectivity index (χ0) is 19.1. The molecule has 1 aromatic carbocycles. The molecular weight excluding hydrogens is 346 g/mol. The molecule has 8 nitrogen and oxygen atoms in total. The van der Waals surface area contributed by atoms with Crippen molar-refractivity contribution in [3.63, 3.8) is 0 Å². The minimum absolute atomic E-state index is 0.183. The van der Waals surface area contributed by atoms with Crippen molar-refractivity contribution in [2.45, 2.75) is 44.8 Å². The van der Waals surface area contributed by atoms with Crippen LogP contribution in [-0.4, -0.2) is 51.4 Å². The van der Waals surface area contributed by atoms with E-state index in [0.717, 1.165) is 25.8 Å². The van der Waals surface area contributed by atoms with E-state index in [0.29, 0.717) is 18.8 Å². The number of hydrogen-bond donors (Lipinski definition) is 1. The van der Waals surface area contributed by atoms with Gasteiger partial charge in [-0.3, -0.25) is 9.69 Å². The molecule has 0 spiro atoms. The molecule has 2 heterocycles. The number of nitrogens with one attached hydrogen (secondary N) is 1. The third-order valence-electron chi connectivity index (χ3n) is 4.82. The van der Waals surface area contributed by atoms with Gasteiger partial charge in [-0.05, 0) is 31.2 Å². The third-order valence-corrected chi connectivity index (χ3v) is 4.82. The molecule has 1 unspecified atom stereocenters. The number of hydrogen-bond acceptors (Lipinski definition) is 5. The van der Waals surface area contributed by atoms with Crippen molar-refractivity contribution < 1.29 is 14.3 Å². The van der Waals surface area contributed by atoms with Gasteiger partial charge in [-0.25, -0.2) is 4.79 Å². The van der Waals surface area contributed by atoms with Crippen LogP contribution in [0.4, 0.5) is 4.79 Å². The SMILES string of the molecule is COC(=O)N1CCCCC1C(=O)NCc1nncn1CCc1ccccc1. The Bertz CT molecular complexity index is 762. The zero-order valence-electron chi connectivity index (χ0n) is 15.5. The Morgan fingerprint density at radius 2 is 2.07 bits per heavy atom. The number of carbonyl (C=O) groups is 2. The quantitative estimate of drug-likeness (QED) is 0.836. The number of aryl methyl sites for hydroxylation is 2. The van der Waals surface area contributed by atoms with Crippen molar-refractivity contribution in [3.05, 3.63) is 48.0 Å². The van der Waals surface area contributed by atoms with Crippen LogP contribution in [0.2, 0.25) is 0 Å². The average molecular weight is 371 g/mol. The van der Waals surface area contributed by atoms with Crippen LogP contribution in [0, 0.1) is 0 Å². The van der Waals surface area contributed by atoms with Crippen molar-refractivity contribution in [3.8, 4) is 0 Å². The molecule has 0 bridgehead atoms. The second-order valence-electron chi connectivity index (χ2n) is 6.57. The summed E-state index contributed by atoms with van der Waals surface area (Å²) < 4.78 is 6.73. The minimum atomic E-state index is -0.494. The molecule has 3 rings (SSSR count). The molecule has 1 atom stereocenters. The maximum Gasteiger partial charge on any atom is 0.410 e. The number of ether oxygens (including phenoxy) is 1. The van der Waals surface area contributed by atoms with Crippen LogP contribution in [0.15, 0.2) is 36.7 Å². The summed E-state index contributed by atoms with van der Waals surface area (Å²) in [4.78, 5) is 26.0. The standard InChI is InChI=1S/C19H25N5O3/c1-27-19(26)24-11-6-5-9-16(24)18(25)20-13-17-22-21-14-23(17)12-10-15-7-3-2-4-8-15/h2-4,7-8,14,16H,5-6,9-13H2,1H3,(H,20,25). The molecular formula is C19H25N5O3. The fraction of sp³-hybridized carbons (Fsp3) is 0.474. The van der Waals surface area contributed by atoms with E-state index in [9.17, 15) is 9.59 Å². The molecule has 0 radical (unpaired) electrons. The second-order valence-corrected chi connectivity index (χ2v) is 6.57. The Balaban J connectivity index is 1.56. The lowest BCUT2D eigenvalue weighted by atomic mass is 10.0. The van der Waals surface area contributed by atoms with E-state index >= 15 is 0 Å². The first kappa shape index (κ1) is 18.9. The topological polar surface area (TPSA) is 89.3 Å². The molecule has 0 aliphatic carbocycles. The number of nitrogens with zero attached hydrogens (tertiary/aromatic N) is 4. The van der Waals surface area contributed by atoms with Gasteiger partial charge in [-0.2, -0.15) is 0 Å². The first-order valence-electron chi connectivity index (χ1n) is 9.22. The van der Waals surface area contributed by atoms with Crippen LogP contribution in [0.25, 0.3) is 0 Å². The third kappa shape index (κ3) is 4.84. The van der Waals surface area contributed by atoms with E-state index in [4.69, 9.17) is 4.74 Å². The van der Waals surface area contributed by atoms with E-state index in [1.165, 1.54) is 17.6 Å². The lowest BCUT2D eigenvalue weighted by Crippen LogP contribution is -2.51. The van der Waals surface area contributed by atoms with Crippen molar-refractivity contribution in [2.75, 3.05) is 13.7 Å². The highest BCUT2D eigenvalue weighted by atomic mass is 16.5. The molecule has 1 aliphatic heterocycles. The highest BCUT2D eigenvalue weighted by Crippen LogP contribution is 2.18. The van der Waals surface area contributed by atoms with Crippen LogP contribution in [-0.2, 0) is 29.0 Å². The van der Waals surface area contributed by atoms with Crippen molar-refractivity contribution in [1.82, 2.24) is 25.0 Å². The summed E-state index contributed by atoms with van der Waals surface area (Å²) in [6, 6.07) is 9.69. The fourth-order valence-electron chi connectivity index (χ4n) is 3.32. The predicted molar refractivity (Wildman–Crippen MR) is 98.8 cm³/mol. The summed E-state index contributed by atoms with van der Waals surface area (Å²) in [5.41, 5.74) is 1.23. The number of piperidine rings is 1. The molecule has 2 aromatic rings. The molecule has 1 fully saturated rings. The lowest BCUT2D eigenvalue weighted by Gasteiger charge is -2.33. The summed E-state index contributed by atoms with van der Waals surface area (Å²) >= 11 is 0. The summed E-state index contributed by atoms with van der Waals surface area (Å²) in [5, 5.41) is 11.0. The number of amides is 2. The Kier molecular flexibility index (Phi) is 6.40. The summed E-state index contributed by atoms with van der Waals surface area (Å²) in [6.45, 7) is 1.55. The van der Waals surface area contributed by atoms with Gasteiger partial charge in [-0.15, -0.1) is 10.2 Å². The molecule has 0 saturated carbocycles. The van der Waals surface area contributed by atoms with Gasteiger partial charge in [-0.1, -0.05) is 30.3 Å². The van der Waals surface area contributed by atoms with Gasteiger partial charge in [0.2, 0.25) is 5.91 Å². The molecule has 1 aliphatic rings. The lowest BCUT2D eigenvalue weighted by molar-refractivity contribution is -0.127. The fourth-order valence-corrected chi connectivity index (χ4v) is 3.32. The van der Waals surface area contributed by atoms with Crippen molar-refractivity contribution >= 4 is 12.0 Å². The van der Waals surface area contributed by atoms with Gasteiger partial charge in [0.1, 0.15) is 12.4 Å². The minimum Gasteiger partial charge on any atom is -0.453 e. The summed E-state index contributed by atoms with van der Waals surface area (Å²) in [5.74, 6) is 0.511. The van der Waals surface area contributed by atoms with E-state index < -0.39 is 12.1 Å². The Morgan fingerprint density at radius 1 is 1.26 bits per heavy atom. The largest absolute Gasteiger partial charge is 0.453 e. The Hall–Kier alpha value is -2.90. The second kappa shape index (κ2) is 9.16. The van der Waals surface area contributed by atoms with Crippen LogP contribution >= 0.6 is 0 Å². The maximum atomic E-state index is 12.6. The highest BCUT2D eigenvalue weighted by Gasteiger charge is 2.32. The van der Waals surface area contributed by atoms with Crippen LogP contribution in [0.5, 0.6) is 0 Å². The van der Waals surface area contributed by atoms with E-state index in [2.05, 4.69) is 27.6 Å². The highest BCUT2D eigenvalue weighted by molar-refractivity contribution is 5.85. The monoisotopic (exact) mass is 371 g/mol. The molecule has 8 heteroatoms. The van der Waals surface area contributed by atoms with Gasteiger partial charge < -0.3 is 14.6 Å². The number of carbonyl (C=O) groups excluding carboxylic acids is 2. The average Bonchev–Trinajstić information content (AvgIpc) is 3.18. The number of benzene rings is 1. The number of aromatic nitrogens is 3.